The van der Waals surface area contributed by atoms with Gasteiger partial charge in [0.1, 0.15) is 10.6 Å². The van der Waals surface area contributed by atoms with Crippen LogP contribution < -0.4 is 4.72 Å². The van der Waals surface area contributed by atoms with Crippen molar-refractivity contribution >= 4 is 10.0 Å². The third-order valence-corrected chi connectivity index (χ3v) is 5.12. The monoisotopic (exact) mass is 273 g/mol. The molecule has 1 aliphatic rings. The summed E-state index contributed by atoms with van der Waals surface area (Å²) < 4.78 is 27.3. The first-order valence-electron chi connectivity index (χ1n) is 6.11. The summed E-state index contributed by atoms with van der Waals surface area (Å²) >= 11 is 0. The van der Waals surface area contributed by atoms with E-state index in [1.807, 2.05) is 0 Å². The number of aromatic nitrogens is 2. The summed E-state index contributed by atoms with van der Waals surface area (Å²) in [4.78, 5) is 0.0875. The highest BCUT2D eigenvalue weighted by Gasteiger charge is 2.30. The summed E-state index contributed by atoms with van der Waals surface area (Å²) in [6.07, 6.45) is 2.78. The Morgan fingerprint density at radius 3 is 2.78 bits per heavy atom. The number of H-pyrrole nitrogens is 1. The number of aliphatic hydroxyl groups excluding tert-OH is 1. The van der Waals surface area contributed by atoms with Gasteiger partial charge in [-0.3, -0.25) is 5.10 Å². The van der Waals surface area contributed by atoms with Crippen molar-refractivity contribution in [3.63, 3.8) is 0 Å². The molecule has 1 aromatic rings. The maximum Gasteiger partial charge on any atom is 0.244 e. The zero-order valence-corrected chi connectivity index (χ0v) is 11.4. The topological polar surface area (TPSA) is 95.1 Å². The Morgan fingerprint density at radius 2 is 2.22 bits per heavy atom. The fraction of sp³-hybridized carbons (Fsp3) is 0.727. The van der Waals surface area contributed by atoms with E-state index in [1.165, 1.54) is 0 Å². The number of nitrogens with one attached hydrogen (secondary N) is 2. The minimum Gasteiger partial charge on any atom is -0.390 e. The Labute approximate surface area is 107 Å². The molecule has 1 saturated carbocycles. The number of sulfonamides is 1. The van der Waals surface area contributed by atoms with Crippen molar-refractivity contribution < 1.29 is 13.5 Å². The Kier molecular flexibility index (Phi) is 3.74. The molecule has 0 radical (unpaired) electrons. The summed E-state index contributed by atoms with van der Waals surface area (Å²) in [7, 11) is -3.60. The van der Waals surface area contributed by atoms with E-state index in [0.29, 0.717) is 11.6 Å². The Morgan fingerprint density at radius 1 is 1.50 bits per heavy atom. The Bertz CT molecular complexity index is 524. The highest BCUT2D eigenvalue weighted by molar-refractivity contribution is 7.89. The van der Waals surface area contributed by atoms with E-state index in [9.17, 15) is 8.42 Å². The summed E-state index contributed by atoms with van der Waals surface area (Å²) in [6, 6.07) is -0.00848. The lowest BCUT2D eigenvalue weighted by atomic mass is 10.1. The number of hydrogen-bond acceptors (Lipinski definition) is 4. The van der Waals surface area contributed by atoms with Crippen LogP contribution in [0.3, 0.4) is 0 Å². The molecular weight excluding hydrogens is 254 g/mol. The molecule has 0 amide bonds. The summed E-state index contributed by atoms with van der Waals surface area (Å²) in [6.45, 7) is 3.37. The van der Waals surface area contributed by atoms with E-state index >= 15 is 0 Å². The molecule has 0 aromatic carbocycles. The Hall–Kier alpha value is -0.920. The molecule has 2 rings (SSSR count). The lowest BCUT2D eigenvalue weighted by Crippen LogP contribution is -2.33. The summed E-state index contributed by atoms with van der Waals surface area (Å²) in [5.74, 6) is 0.556. The number of rotatable bonds is 4. The fourth-order valence-electron chi connectivity index (χ4n) is 2.53. The highest BCUT2D eigenvalue weighted by atomic mass is 32.2. The molecule has 1 aromatic heterocycles. The first-order valence-corrected chi connectivity index (χ1v) is 7.59. The fourth-order valence-corrected chi connectivity index (χ4v) is 4.17. The van der Waals surface area contributed by atoms with Gasteiger partial charge in [0.15, 0.2) is 0 Å². The molecule has 0 bridgehead atoms. The SMILES string of the molecule is Cc1[nH]nc(CO)c1S(=O)(=O)NC1CCC(C)C1. The summed E-state index contributed by atoms with van der Waals surface area (Å²) in [5.41, 5.74) is 0.628. The number of hydrogen-bond donors (Lipinski definition) is 3. The number of aromatic amines is 1. The van der Waals surface area contributed by atoms with Gasteiger partial charge in [-0.05, 0) is 32.1 Å². The first kappa shape index (κ1) is 13.5. The predicted molar refractivity (Wildman–Crippen MR) is 66.4 cm³/mol. The maximum atomic E-state index is 12.3. The van der Waals surface area contributed by atoms with E-state index in [0.717, 1.165) is 19.3 Å². The molecule has 3 N–H and O–H groups in total. The average molecular weight is 273 g/mol. The second-order valence-corrected chi connectivity index (χ2v) is 6.67. The number of aryl methyl sites for hydroxylation is 1. The van der Waals surface area contributed by atoms with Gasteiger partial charge in [-0.1, -0.05) is 6.92 Å². The molecule has 0 saturated heterocycles. The normalized spacial score (nSPS) is 24.6. The van der Waals surface area contributed by atoms with Crippen LogP contribution in [0.4, 0.5) is 0 Å². The molecule has 7 heteroatoms. The minimum absolute atomic E-state index is 0.00848. The first-order chi connectivity index (χ1) is 8.44. The van der Waals surface area contributed by atoms with Crippen molar-refractivity contribution in [2.45, 2.75) is 50.7 Å². The van der Waals surface area contributed by atoms with Crippen molar-refractivity contribution in [2.75, 3.05) is 0 Å². The smallest absolute Gasteiger partial charge is 0.244 e. The zero-order chi connectivity index (χ0) is 13.3. The molecule has 1 fully saturated rings. The van der Waals surface area contributed by atoms with Crippen LogP contribution in [0.15, 0.2) is 4.90 Å². The second kappa shape index (κ2) is 4.99. The summed E-state index contributed by atoms with van der Waals surface area (Å²) in [5, 5.41) is 15.5. The third-order valence-electron chi connectivity index (χ3n) is 3.40. The van der Waals surface area contributed by atoms with E-state index < -0.39 is 10.0 Å². The van der Waals surface area contributed by atoms with Gasteiger partial charge >= 0.3 is 0 Å². The molecule has 18 heavy (non-hydrogen) atoms. The van der Waals surface area contributed by atoms with Gasteiger partial charge in [-0.2, -0.15) is 5.10 Å². The molecule has 1 aliphatic carbocycles. The lowest BCUT2D eigenvalue weighted by molar-refractivity contribution is 0.273. The van der Waals surface area contributed by atoms with E-state index in [-0.39, 0.29) is 23.2 Å². The van der Waals surface area contributed by atoms with Crippen LogP contribution in [0.5, 0.6) is 0 Å². The third kappa shape index (κ3) is 2.57. The number of aliphatic hydroxyl groups is 1. The molecule has 2 atom stereocenters. The van der Waals surface area contributed by atoms with Crippen molar-refractivity contribution in [3.05, 3.63) is 11.4 Å². The molecule has 0 spiro atoms. The van der Waals surface area contributed by atoms with Crippen LogP contribution in [-0.4, -0.2) is 29.8 Å². The number of nitrogens with zero attached hydrogens (tertiary/aromatic N) is 1. The van der Waals surface area contributed by atoms with Crippen molar-refractivity contribution in [2.24, 2.45) is 5.92 Å². The van der Waals surface area contributed by atoms with Gasteiger partial charge in [-0.25, -0.2) is 13.1 Å². The van der Waals surface area contributed by atoms with Crippen LogP contribution >= 0.6 is 0 Å². The van der Waals surface area contributed by atoms with Crippen LogP contribution in [0.25, 0.3) is 0 Å². The van der Waals surface area contributed by atoms with Gasteiger partial charge < -0.3 is 5.11 Å². The zero-order valence-electron chi connectivity index (χ0n) is 10.6. The van der Waals surface area contributed by atoms with Crippen molar-refractivity contribution in [1.29, 1.82) is 0 Å². The molecule has 6 nitrogen and oxygen atoms in total. The highest BCUT2D eigenvalue weighted by Crippen LogP contribution is 2.27. The molecule has 1 heterocycles. The van der Waals surface area contributed by atoms with Gasteiger partial charge in [0.2, 0.25) is 10.0 Å². The van der Waals surface area contributed by atoms with Gasteiger partial charge in [-0.15, -0.1) is 0 Å². The van der Waals surface area contributed by atoms with Crippen LogP contribution in [0, 0.1) is 12.8 Å². The second-order valence-electron chi connectivity index (χ2n) is 5.02. The van der Waals surface area contributed by atoms with Crippen LogP contribution in [0.1, 0.15) is 37.6 Å². The minimum atomic E-state index is -3.60. The van der Waals surface area contributed by atoms with Crippen molar-refractivity contribution in [1.82, 2.24) is 14.9 Å². The molecular formula is C11H19N3O3S. The largest absolute Gasteiger partial charge is 0.390 e. The van der Waals surface area contributed by atoms with Crippen LogP contribution in [0.2, 0.25) is 0 Å². The standard InChI is InChI=1S/C11H19N3O3S/c1-7-3-4-9(5-7)14-18(16,17)11-8(2)12-13-10(11)6-15/h7,9,14-15H,3-6H2,1-2H3,(H,12,13). The maximum absolute atomic E-state index is 12.3. The average Bonchev–Trinajstić information content (AvgIpc) is 2.84. The molecule has 0 aliphatic heterocycles. The predicted octanol–water partition coefficient (Wildman–Crippen LogP) is 0.677. The van der Waals surface area contributed by atoms with Gasteiger partial charge in [0.25, 0.3) is 0 Å². The lowest BCUT2D eigenvalue weighted by Gasteiger charge is -2.13. The molecule has 102 valence electrons. The van der Waals surface area contributed by atoms with E-state index in [1.54, 1.807) is 6.92 Å². The van der Waals surface area contributed by atoms with Gasteiger partial charge in [0, 0.05) is 6.04 Å². The van der Waals surface area contributed by atoms with Gasteiger partial charge in [0.05, 0.1) is 12.3 Å². The van der Waals surface area contributed by atoms with E-state index in [4.69, 9.17) is 5.11 Å². The Balaban J connectivity index is 2.22. The molecule has 2 unspecified atom stereocenters. The van der Waals surface area contributed by atoms with Crippen LogP contribution in [-0.2, 0) is 16.6 Å². The van der Waals surface area contributed by atoms with E-state index in [2.05, 4.69) is 21.8 Å². The van der Waals surface area contributed by atoms with Crippen molar-refractivity contribution in [3.8, 4) is 0 Å². The quantitative estimate of drug-likeness (QED) is 0.751.